The van der Waals surface area contributed by atoms with Crippen molar-refractivity contribution in [3.63, 3.8) is 0 Å². The van der Waals surface area contributed by atoms with Gasteiger partial charge in [0.05, 0.1) is 23.7 Å². The highest BCUT2D eigenvalue weighted by atomic mass is 16.7. The molecular weight excluding hydrogens is 300 g/mol. The zero-order chi connectivity index (χ0) is 16.0. The predicted octanol–water partition coefficient (Wildman–Crippen LogP) is 0.462. The van der Waals surface area contributed by atoms with E-state index in [-0.39, 0.29) is 17.0 Å². The van der Waals surface area contributed by atoms with Crippen LogP contribution in [0.2, 0.25) is 0 Å². The highest BCUT2D eigenvalue weighted by molar-refractivity contribution is 6.20. The molecule has 1 unspecified atom stereocenters. The highest BCUT2D eigenvalue weighted by Crippen LogP contribution is 2.27. The molecule has 3 heterocycles. The maximum Gasteiger partial charge on any atom is 0.338 e. The number of benzene rings is 1. The summed E-state index contributed by atoms with van der Waals surface area (Å²) in [6.45, 7) is 2.61. The van der Waals surface area contributed by atoms with Crippen molar-refractivity contribution in [2.75, 3.05) is 26.3 Å². The number of carbonyl (C=O) groups is 3. The maximum atomic E-state index is 12.2. The van der Waals surface area contributed by atoms with Crippen molar-refractivity contribution in [3.05, 3.63) is 35.4 Å². The molecule has 1 atom stereocenters. The minimum atomic E-state index is -0.584. The minimum Gasteiger partial charge on any atom is -0.380 e. The summed E-state index contributed by atoms with van der Waals surface area (Å²) in [4.78, 5) is 43.7. The van der Waals surface area contributed by atoms with Gasteiger partial charge in [0.25, 0.3) is 11.8 Å². The van der Waals surface area contributed by atoms with Crippen LogP contribution < -0.4 is 0 Å². The molecule has 7 nitrogen and oxygen atoms in total. The van der Waals surface area contributed by atoms with Crippen molar-refractivity contribution in [1.82, 2.24) is 9.96 Å². The topological polar surface area (TPSA) is 76.2 Å². The fourth-order valence-corrected chi connectivity index (χ4v) is 3.18. The second-order valence-corrected chi connectivity index (χ2v) is 6.03. The Bertz CT molecular complexity index is 642. The van der Waals surface area contributed by atoms with E-state index in [1.165, 1.54) is 0 Å². The second kappa shape index (κ2) is 5.43. The van der Waals surface area contributed by atoms with Crippen LogP contribution in [0.25, 0.3) is 0 Å². The first-order chi connectivity index (χ1) is 11.1. The lowest BCUT2D eigenvalue weighted by atomic mass is 9.97. The molecule has 1 aromatic carbocycles. The summed E-state index contributed by atoms with van der Waals surface area (Å²) < 4.78 is 5.33. The number of fused-ring (bicyclic) bond motifs is 1. The predicted molar refractivity (Wildman–Crippen MR) is 77.3 cm³/mol. The molecule has 2 fully saturated rings. The standard InChI is InChI=1S/C16H16N2O5/c19-14-12-3-1-2-4-13(12)15(20)18(14)23-16(21)10-7-17(8-10)11-5-6-22-9-11/h1-4,10-11H,5-9H2. The fraction of sp³-hybridized carbons (Fsp3) is 0.438. The molecule has 2 amide bonds. The summed E-state index contributed by atoms with van der Waals surface area (Å²) in [7, 11) is 0. The number of nitrogens with zero attached hydrogens (tertiary/aromatic N) is 2. The van der Waals surface area contributed by atoms with Crippen LogP contribution in [0.1, 0.15) is 27.1 Å². The molecule has 120 valence electrons. The van der Waals surface area contributed by atoms with Gasteiger partial charge >= 0.3 is 5.97 Å². The molecule has 0 aliphatic carbocycles. The number of carbonyl (C=O) groups excluding carboxylic acids is 3. The van der Waals surface area contributed by atoms with Crippen molar-refractivity contribution in [2.45, 2.75) is 12.5 Å². The Kier molecular flexibility index (Phi) is 3.39. The van der Waals surface area contributed by atoms with Crippen LogP contribution in [-0.2, 0) is 14.4 Å². The largest absolute Gasteiger partial charge is 0.380 e. The van der Waals surface area contributed by atoms with Crippen molar-refractivity contribution >= 4 is 17.8 Å². The Balaban J connectivity index is 1.37. The molecule has 3 aliphatic rings. The second-order valence-electron chi connectivity index (χ2n) is 6.03. The lowest BCUT2D eigenvalue weighted by Crippen LogP contribution is -2.56. The van der Waals surface area contributed by atoms with Crippen LogP contribution in [0.3, 0.4) is 0 Å². The van der Waals surface area contributed by atoms with E-state index >= 15 is 0 Å². The summed E-state index contributed by atoms with van der Waals surface area (Å²) in [6.07, 6.45) is 0.972. The average Bonchev–Trinajstić information content (AvgIpc) is 3.10. The van der Waals surface area contributed by atoms with Gasteiger partial charge in [-0.3, -0.25) is 14.5 Å². The summed E-state index contributed by atoms with van der Waals surface area (Å²) >= 11 is 0. The lowest BCUT2D eigenvalue weighted by Gasteiger charge is -2.41. The third kappa shape index (κ3) is 2.32. The minimum absolute atomic E-state index is 0.267. The number of likely N-dealkylation sites (tertiary alicyclic amines) is 1. The molecule has 0 radical (unpaired) electrons. The van der Waals surface area contributed by atoms with E-state index < -0.39 is 17.8 Å². The van der Waals surface area contributed by atoms with Crippen LogP contribution in [0.5, 0.6) is 0 Å². The molecule has 3 aliphatic heterocycles. The van der Waals surface area contributed by atoms with Crippen LogP contribution in [0, 0.1) is 5.92 Å². The monoisotopic (exact) mass is 316 g/mol. The number of amides is 2. The molecule has 2 saturated heterocycles. The average molecular weight is 316 g/mol. The van der Waals surface area contributed by atoms with Gasteiger partial charge in [-0.1, -0.05) is 17.2 Å². The van der Waals surface area contributed by atoms with Crippen LogP contribution in [-0.4, -0.2) is 60.1 Å². The van der Waals surface area contributed by atoms with E-state index in [9.17, 15) is 14.4 Å². The van der Waals surface area contributed by atoms with Crippen molar-refractivity contribution < 1.29 is 24.0 Å². The number of imide groups is 1. The van der Waals surface area contributed by atoms with Crippen molar-refractivity contribution in [3.8, 4) is 0 Å². The molecule has 7 heteroatoms. The zero-order valence-electron chi connectivity index (χ0n) is 12.4. The molecular formula is C16H16N2O5. The van der Waals surface area contributed by atoms with Gasteiger partial charge in [0, 0.05) is 25.7 Å². The Hall–Kier alpha value is -2.25. The summed E-state index contributed by atoms with van der Waals surface area (Å²) in [6, 6.07) is 6.80. The number of hydrogen-bond acceptors (Lipinski definition) is 6. The SMILES string of the molecule is O=C(ON1C(=O)c2ccccc2C1=O)C1CN(C2CCOC2)C1. The molecule has 0 bridgehead atoms. The van der Waals surface area contributed by atoms with Gasteiger partial charge in [-0.2, -0.15) is 0 Å². The quantitative estimate of drug-likeness (QED) is 0.754. The van der Waals surface area contributed by atoms with E-state index in [2.05, 4.69) is 4.90 Å². The van der Waals surface area contributed by atoms with E-state index in [0.29, 0.717) is 30.8 Å². The normalized spacial score (nSPS) is 24.7. The lowest BCUT2D eigenvalue weighted by molar-refractivity contribution is -0.180. The first kappa shape index (κ1) is 14.3. The molecule has 0 N–H and O–H groups in total. The van der Waals surface area contributed by atoms with E-state index in [0.717, 1.165) is 13.0 Å². The highest BCUT2D eigenvalue weighted by Gasteiger charge is 2.43. The Morgan fingerprint density at radius 2 is 1.78 bits per heavy atom. The maximum absolute atomic E-state index is 12.2. The molecule has 0 aromatic heterocycles. The Morgan fingerprint density at radius 3 is 2.35 bits per heavy atom. The molecule has 23 heavy (non-hydrogen) atoms. The summed E-state index contributed by atoms with van der Waals surface area (Å²) in [5.74, 6) is -2.01. The van der Waals surface area contributed by atoms with Crippen LogP contribution in [0.15, 0.2) is 24.3 Å². The van der Waals surface area contributed by atoms with Crippen LogP contribution in [0.4, 0.5) is 0 Å². The van der Waals surface area contributed by atoms with E-state index in [1.807, 2.05) is 0 Å². The van der Waals surface area contributed by atoms with Gasteiger partial charge in [-0.15, -0.1) is 0 Å². The van der Waals surface area contributed by atoms with Crippen molar-refractivity contribution in [1.29, 1.82) is 0 Å². The molecule has 4 rings (SSSR count). The number of hydrogen-bond donors (Lipinski definition) is 0. The number of rotatable bonds is 3. The van der Waals surface area contributed by atoms with Gasteiger partial charge in [0.2, 0.25) is 0 Å². The Labute approximate surface area is 132 Å². The third-order valence-electron chi connectivity index (χ3n) is 4.60. The summed E-state index contributed by atoms with van der Waals surface area (Å²) in [5.41, 5.74) is 0.535. The smallest absolute Gasteiger partial charge is 0.338 e. The van der Waals surface area contributed by atoms with Gasteiger partial charge < -0.3 is 9.57 Å². The number of hydroxylamine groups is 2. The first-order valence-electron chi connectivity index (χ1n) is 7.66. The third-order valence-corrected chi connectivity index (χ3v) is 4.60. The molecule has 1 aromatic rings. The molecule has 0 spiro atoms. The van der Waals surface area contributed by atoms with E-state index in [4.69, 9.17) is 9.57 Å². The van der Waals surface area contributed by atoms with E-state index in [1.54, 1.807) is 24.3 Å². The Morgan fingerprint density at radius 1 is 1.13 bits per heavy atom. The first-order valence-corrected chi connectivity index (χ1v) is 7.66. The summed E-state index contributed by atoms with van der Waals surface area (Å²) in [5, 5.41) is 0.578. The molecule has 0 saturated carbocycles. The number of ether oxygens (including phenoxy) is 1. The fourth-order valence-electron chi connectivity index (χ4n) is 3.18. The van der Waals surface area contributed by atoms with Gasteiger partial charge in [0.1, 0.15) is 0 Å². The van der Waals surface area contributed by atoms with Gasteiger partial charge in [-0.25, -0.2) is 4.79 Å². The van der Waals surface area contributed by atoms with Crippen LogP contribution >= 0.6 is 0 Å². The van der Waals surface area contributed by atoms with Gasteiger partial charge in [0.15, 0.2) is 0 Å². The zero-order valence-corrected chi connectivity index (χ0v) is 12.4. The van der Waals surface area contributed by atoms with Crippen molar-refractivity contribution in [2.24, 2.45) is 5.92 Å². The van der Waals surface area contributed by atoms with Gasteiger partial charge in [-0.05, 0) is 18.6 Å².